The van der Waals surface area contributed by atoms with E-state index in [1.165, 1.54) is 31.4 Å². The van der Waals surface area contributed by atoms with Crippen molar-refractivity contribution in [3.8, 4) is 11.5 Å². The van der Waals surface area contributed by atoms with Gasteiger partial charge < -0.3 is 29.6 Å². The number of carboxylic acid groups (broad SMARTS) is 1. The second-order valence-corrected chi connectivity index (χ2v) is 3.68. The van der Waals surface area contributed by atoms with E-state index >= 15 is 0 Å². The first-order valence-electron chi connectivity index (χ1n) is 5.55. The zero-order valence-corrected chi connectivity index (χ0v) is 13.6. The summed E-state index contributed by atoms with van der Waals surface area (Å²) in [7, 11) is 1.33. The van der Waals surface area contributed by atoms with Gasteiger partial charge in [-0.3, -0.25) is 0 Å². The van der Waals surface area contributed by atoms with Crippen LogP contribution in [0.3, 0.4) is 0 Å². The molecule has 0 spiro atoms. The molecule has 1 aromatic rings. The number of carboxylic acids is 1. The van der Waals surface area contributed by atoms with Gasteiger partial charge in [0.25, 0.3) is 0 Å². The Balaban J connectivity index is 0.00000400. The van der Waals surface area contributed by atoms with Crippen LogP contribution in [0.4, 0.5) is 0 Å². The Morgan fingerprint density at radius 2 is 2.05 bits per heavy atom. The fourth-order valence-corrected chi connectivity index (χ4v) is 1.29. The minimum Gasteiger partial charge on any atom is -0.545 e. The second kappa shape index (κ2) is 9.54. The number of methoxy groups -OCH3 is 1. The van der Waals surface area contributed by atoms with Crippen molar-refractivity contribution in [2.24, 2.45) is 0 Å². The van der Waals surface area contributed by atoms with Gasteiger partial charge in [0.05, 0.1) is 19.7 Å². The van der Waals surface area contributed by atoms with Crippen molar-refractivity contribution in [1.82, 2.24) is 0 Å². The molecule has 108 valence electrons. The monoisotopic (exact) mass is 304 g/mol. The van der Waals surface area contributed by atoms with Gasteiger partial charge in [-0.25, -0.2) is 4.79 Å². The maximum absolute atomic E-state index is 11.3. The van der Waals surface area contributed by atoms with Crippen LogP contribution in [0.5, 0.6) is 11.5 Å². The summed E-state index contributed by atoms with van der Waals surface area (Å²) < 4.78 is 9.83. The van der Waals surface area contributed by atoms with E-state index in [9.17, 15) is 14.7 Å². The summed E-state index contributed by atoms with van der Waals surface area (Å²) >= 11 is 0. The van der Waals surface area contributed by atoms with Crippen LogP contribution in [0.1, 0.15) is 5.56 Å². The third kappa shape index (κ3) is 6.28. The second-order valence-electron chi connectivity index (χ2n) is 3.68. The number of rotatable bonds is 6. The normalized spacial score (nSPS) is 11.6. The number of aliphatic hydroxyl groups is 2. The van der Waals surface area contributed by atoms with Crippen LogP contribution in [0.25, 0.3) is 6.08 Å². The molecule has 0 aromatic heterocycles. The molecule has 1 unspecified atom stereocenters. The van der Waals surface area contributed by atoms with Gasteiger partial charge >= 0.3 is 35.5 Å². The van der Waals surface area contributed by atoms with Gasteiger partial charge in [0.1, 0.15) is 0 Å². The predicted octanol–water partition coefficient (Wildman–Crippen LogP) is -4.28. The number of ether oxygens (including phenoxy) is 2. The molecular formula is C13H13NaO7. The summed E-state index contributed by atoms with van der Waals surface area (Å²) in [4.78, 5) is 21.6. The Bertz CT molecular complexity index is 527. The predicted molar refractivity (Wildman–Crippen MR) is 65.8 cm³/mol. The van der Waals surface area contributed by atoms with Crippen molar-refractivity contribution < 1.29 is 63.9 Å². The summed E-state index contributed by atoms with van der Waals surface area (Å²) in [5, 5.41) is 28.0. The molecule has 1 aromatic carbocycles. The number of aliphatic carboxylic acids is 1. The van der Waals surface area contributed by atoms with Crippen molar-refractivity contribution >= 4 is 18.0 Å². The van der Waals surface area contributed by atoms with Crippen LogP contribution in [0, 0.1) is 0 Å². The van der Waals surface area contributed by atoms with Crippen molar-refractivity contribution in [2.75, 3.05) is 13.7 Å². The van der Waals surface area contributed by atoms with Crippen LogP contribution in [-0.2, 0) is 9.59 Å². The Labute approximate surface area is 143 Å². The van der Waals surface area contributed by atoms with Gasteiger partial charge in [0.15, 0.2) is 17.6 Å². The van der Waals surface area contributed by atoms with Gasteiger partial charge in [-0.05, 0) is 23.8 Å². The minimum atomic E-state index is -1.64. The van der Waals surface area contributed by atoms with Crippen LogP contribution >= 0.6 is 0 Å². The van der Waals surface area contributed by atoms with Gasteiger partial charge in [0, 0.05) is 0 Å². The van der Waals surface area contributed by atoms with Gasteiger partial charge in [-0.15, -0.1) is 0 Å². The van der Waals surface area contributed by atoms with E-state index in [0.29, 0.717) is 5.56 Å². The number of hydrogen-bond acceptors (Lipinski definition) is 7. The van der Waals surface area contributed by atoms with E-state index in [2.05, 4.69) is 0 Å². The van der Waals surface area contributed by atoms with Gasteiger partial charge in [0.2, 0.25) is 0 Å². The fraction of sp³-hybridized carbons (Fsp3) is 0.231. The molecule has 21 heavy (non-hydrogen) atoms. The number of esters is 1. The molecule has 0 amide bonds. The van der Waals surface area contributed by atoms with E-state index in [4.69, 9.17) is 19.7 Å². The van der Waals surface area contributed by atoms with Crippen LogP contribution < -0.4 is 44.1 Å². The molecule has 0 radical (unpaired) electrons. The zero-order chi connectivity index (χ0) is 15.1. The van der Waals surface area contributed by atoms with E-state index < -0.39 is 24.6 Å². The molecular weight excluding hydrogens is 291 g/mol. The topological polar surface area (TPSA) is 116 Å². The number of carbonyl (C=O) groups is 2. The molecule has 1 rings (SSSR count). The molecule has 2 N–H and O–H groups in total. The first-order chi connectivity index (χ1) is 9.47. The summed E-state index contributed by atoms with van der Waals surface area (Å²) in [5.74, 6) is -2.16. The maximum Gasteiger partial charge on any atom is 1.00 e. The number of hydrogen-bond donors (Lipinski definition) is 2. The van der Waals surface area contributed by atoms with Crippen LogP contribution in [-0.4, -0.2) is 42.0 Å². The average molecular weight is 304 g/mol. The van der Waals surface area contributed by atoms with Crippen LogP contribution in [0.2, 0.25) is 0 Å². The quantitative estimate of drug-likeness (QED) is 0.236. The summed E-state index contributed by atoms with van der Waals surface area (Å²) in [6.07, 6.45) is 0.486. The molecule has 0 saturated heterocycles. The first-order valence-corrected chi connectivity index (χ1v) is 5.55. The molecule has 7 nitrogen and oxygen atoms in total. The number of carbonyl (C=O) groups excluding carboxylic acids is 2. The van der Waals surface area contributed by atoms with Crippen molar-refractivity contribution in [3.63, 3.8) is 0 Å². The standard InChI is InChI=1S/C13H14O7.Na/c1-19-11-6-8(3-5-12(16)17)2-4-10(11)20-13(18)9(15)7-14;/h2-6,9,14-15H,7H2,1H3,(H,16,17);/q;+1/p-1. The molecule has 0 bridgehead atoms. The third-order valence-electron chi connectivity index (χ3n) is 2.26. The Morgan fingerprint density at radius 1 is 1.38 bits per heavy atom. The fourth-order valence-electron chi connectivity index (χ4n) is 1.29. The molecule has 0 aliphatic carbocycles. The van der Waals surface area contributed by atoms with Crippen molar-refractivity contribution in [2.45, 2.75) is 6.10 Å². The summed E-state index contributed by atoms with van der Waals surface area (Å²) in [5.41, 5.74) is 0.494. The Morgan fingerprint density at radius 3 is 2.57 bits per heavy atom. The van der Waals surface area contributed by atoms with Crippen molar-refractivity contribution in [1.29, 1.82) is 0 Å². The van der Waals surface area contributed by atoms with E-state index in [1.807, 2.05) is 0 Å². The largest absolute Gasteiger partial charge is 1.00 e. The molecule has 0 fully saturated rings. The first kappa shape index (κ1) is 19.6. The van der Waals surface area contributed by atoms with E-state index in [-0.39, 0.29) is 41.1 Å². The number of aliphatic hydroxyl groups excluding tert-OH is 2. The van der Waals surface area contributed by atoms with Crippen molar-refractivity contribution in [3.05, 3.63) is 29.8 Å². The smallest absolute Gasteiger partial charge is 0.545 e. The molecule has 0 aliphatic heterocycles. The minimum absolute atomic E-state index is 0. The van der Waals surface area contributed by atoms with E-state index in [0.717, 1.165) is 6.08 Å². The molecule has 0 aliphatic rings. The zero-order valence-electron chi connectivity index (χ0n) is 11.6. The maximum atomic E-state index is 11.3. The Hall–Kier alpha value is -1.38. The van der Waals surface area contributed by atoms with Crippen LogP contribution in [0.15, 0.2) is 24.3 Å². The van der Waals surface area contributed by atoms with Gasteiger partial charge in [-0.1, -0.05) is 12.1 Å². The molecule has 8 heteroatoms. The summed E-state index contributed by atoms with van der Waals surface area (Å²) in [6.45, 7) is -0.756. The third-order valence-corrected chi connectivity index (χ3v) is 2.26. The molecule has 0 saturated carbocycles. The Kier molecular flexibility index (Phi) is 8.91. The molecule has 0 heterocycles. The molecule has 1 atom stereocenters. The average Bonchev–Trinajstić information content (AvgIpc) is 2.44. The SMILES string of the molecule is COc1cc(C=CC(=O)[O-])ccc1OC(=O)C(O)CO.[Na+]. The number of benzene rings is 1. The summed E-state index contributed by atoms with van der Waals surface area (Å²) in [6, 6.07) is 4.29. The van der Waals surface area contributed by atoms with Gasteiger partial charge in [-0.2, -0.15) is 0 Å². The van der Waals surface area contributed by atoms with E-state index in [1.54, 1.807) is 0 Å².